The Morgan fingerprint density at radius 3 is 2.64 bits per heavy atom. The van der Waals surface area contributed by atoms with Gasteiger partial charge < -0.3 is 9.88 Å². The molecule has 4 nitrogen and oxygen atoms in total. The standard InChI is InChI=1S/C24H23N3O/c1-17-25-16-23(27(17)2)20-10-6-11-21(15-20)26-24(28)14-13-19-9-5-8-18-7-3-4-12-22(18)19/h3-12,15-16H,13-14H2,1-2H3,(H,26,28). The first-order valence-corrected chi connectivity index (χ1v) is 9.47. The van der Waals surface area contributed by atoms with Crippen molar-refractivity contribution in [2.75, 3.05) is 5.32 Å². The number of fused-ring (bicyclic) bond motifs is 1. The van der Waals surface area contributed by atoms with Crippen molar-refractivity contribution in [1.82, 2.24) is 9.55 Å². The van der Waals surface area contributed by atoms with Crippen LogP contribution >= 0.6 is 0 Å². The van der Waals surface area contributed by atoms with Crippen LogP contribution < -0.4 is 5.32 Å². The molecular formula is C24H23N3O. The van der Waals surface area contributed by atoms with Gasteiger partial charge in [0.05, 0.1) is 11.9 Å². The van der Waals surface area contributed by atoms with Gasteiger partial charge in [-0.1, -0.05) is 54.6 Å². The lowest BCUT2D eigenvalue weighted by Gasteiger charge is -2.09. The van der Waals surface area contributed by atoms with Crippen LogP contribution in [0.5, 0.6) is 0 Å². The van der Waals surface area contributed by atoms with Crippen molar-refractivity contribution >= 4 is 22.4 Å². The molecule has 0 spiro atoms. The summed E-state index contributed by atoms with van der Waals surface area (Å²) in [6.07, 6.45) is 3.02. The predicted octanol–water partition coefficient (Wildman–Crippen LogP) is 5.12. The van der Waals surface area contributed by atoms with E-state index < -0.39 is 0 Å². The molecule has 0 aliphatic carbocycles. The van der Waals surface area contributed by atoms with Crippen LogP contribution in [-0.2, 0) is 18.3 Å². The first kappa shape index (κ1) is 18.0. The molecule has 0 atom stereocenters. The number of benzene rings is 3. The van der Waals surface area contributed by atoms with Crippen LogP contribution in [-0.4, -0.2) is 15.5 Å². The van der Waals surface area contributed by atoms with Crippen LogP contribution in [0.15, 0.2) is 72.9 Å². The second-order valence-electron chi connectivity index (χ2n) is 7.02. The Kier molecular flexibility index (Phi) is 4.94. The third-order valence-corrected chi connectivity index (χ3v) is 5.16. The molecule has 0 aliphatic rings. The van der Waals surface area contributed by atoms with E-state index >= 15 is 0 Å². The summed E-state index contributed by atoms with van der Waals surface area (Å²) in [5.41, 5.74) is 4.07. The highest BCUT2D eigenvalue weighted by molar-refractivity contribution is 5.92. The van der Waals surface area contributed by atoms with Crippen molar-refractivity contribution in [2.45, 2.75) is 19.8 Å². The average Bonchev–Trinajstić information content (AvgIpc) is 3.05. The number of carbonyl (C=O) groups excluding carboxylic acids is 1. The van der Waals surface area contributed by atoms with Crippen LogP contribution in [0.3, 0.4) is 0 Å². The molecule has 0 fully saturated rings. The number of aromatic nitrogens is 2. The van der Waals surface area contributed by atoms with Gasteiger partial charge in [0, 0.05) is 24.7 Å². The van der Waals surface area contributed by atoms with E-state index in [4.69, 9.17) is 0 Å². The molecule has 1 amide bonds. The average molecular weight is 369 g/mol. The normalized spacial score (nSPS) is 10.9. The molecule has 0 saturated carbocycles. The lowest BCUT2D eigenvalue weighted by molar-refractivity contribution is -0.116. The summed E-state index contributed by atoms with van der Waals surface area (Å²) in [6.45, 7) is 1.97. The van der Waals surface area contributed by atoms with Gasteiger partial charge in [-0.2, -0.15) is 0 Å². The predicted molar refractivity (Wildman–Crippen MR) is 114 cm³/mol. The van der Waals surface area contributed by atoms with Crippen LogP contribution in [0.2, 0.25) is 0 Å². The van der Waals surface area contributed by atoms with Gasteiger partial charge in [-0.25, -0.2) is 4.98 Å². The number of rotatable bonds is 5. The first-order chi connectivity index (χ1) is 13.6. The number of carbonyl (C=O) groups is 1. The Labute approximate surface area is 164 Å². The maximum Gasteiger partial charge on any atom is 0.224 e. The first-order valence-electron chi connectivity index (χ1n) is 9.47. The molecule has 0 saturated heterocycles. The Morgan fingerprint density at radius 2 is 1.82 bits per heavy atom. The number of nitrogens with zero attached hydrogens (tertiary/aromatic N) is 2. The maximum atomic E-state index is 12.5. The zero-order valence-electron chi connectivity index (χ0n) is 16.1. The minimum absolute atomic E-state index is 0.0197. The minimum Gasteiger partial charge on any atom is -0.331 e. The molecule has 4 rings (SSSR count). The molecule has 0 radical (unpaired) electrons. The van der Waals surface area contributed by atoms with Crippen molar-refractivity contribution < 1.29 is 4.79 Å². The Bertz CT molecular complexity index is 1140. The van der Waals surface area contributed by atoms with E-state index in [9.17, 15) is 4.79 Å². The molecule has 140 valence electrons. The number of nitrogens with one attached hydrogen (secondary N) is 1. The summed E-state index contributed by atoms with van der Waals surface area (Å²) in [6, 6.07) is 22.4. The lowest BCUT2D eigenvalue weighted by atomic mass is 10.0. The number of hydrogen-bond acceptors (Lipinski definition) is 2. The summed E-state index contributed by atoms with van der Waals surface area (Å²) in [5.74, 6) is 0.978. The molecule has 3 aromatic carbocycles. The quantitative estimate of drug-likeness (QED) is 0.531. The molecular weight excluding hydrogens is 346 g/mol. The fraction of sp³-hybridized carbons (Fsp3) is 0.167. The number of amides is 1. The van der Waals surface area contributed by atoms with Crippen molar-refractivity contribution in [2.24, 2.45) is 7.05 Å². The fourth-order valence-electron chi connectivity index (χ4n) is 3.51. The molecule has 0 unspecified atom stereocenters. The summed E-state index contributed by atoms with van der Waals surface area (Å²) in [7, 11) is 1.99. The number of aryl methyl sites for hydroxylation is 2. The van der Waals surface area contributed by atoms with Gasteiger partial charge in [0.1, 0.15) is 5.82 Å². The third-order valence-electron chi connectivity index (χ3n) is 5.16. The second kappa shape index (κ2) is 7.69. The van der Waals surface area contributed by atoms with Crippen molar-refractivity contribution in [1.29, 1.82) is 0 Å². The Morgan fingerprint density at radius 1 is 1.04 bits per heavy atom. The van der Waals surface area contributed by atoms with Gasteiger partial charge in [0.2, 0.25) is 5.91 Å². The monoisotopic (exact) mass is 369 g/mol. The van der Waals surface area contributed by atoms with E-state index in [1.165, 1.54) is 16.3 Å². The summed E-state index contributed by atoms with van der Waals surface area (Å²) in [4.78, 5) is 16.9. The topological polar surface area (TPSA) is 46.9 Å². The summed E-state index contributed by atoms with van der Waals surface area (Å²) in [5, 5.41) is 5.45. The van der Waals surface area contributed by atoms with E-state index in [0.717, 1.165) is 22.8 Å². The Balaban J connectivity index is 1.45. The molecule has 4 heteroatoms. The van der Waals surface area contributed by atoms with Gasteiger partial charge in [0.15, 0.2) is 0 Å². The van der Waals surface area contributed by atoms with Crippen molar-refractivity contribution in [3.05, 3.63) is 84.3 Å². The lowest BCUT2D eigenvalue weighted by Crippen LogP contribution is -2.12. The number of anilines is 1. The zero-order chi connectivity index (χ0) is 19.5. The molecule has 1 heterocycles. The van der Waals surface area contributed by atoms with Gasteiger partial charge in [-0.15, -0.1) is 0 Å². The largest absolute Gasteiger partial charge is 0.331 e. The zero-order valence-corrected chi connectivity index (χ0v) is 16.1. The Hall–Kier alpha value is -3.40. The fourth-order valence-corrected chi connectivity index (χ4v) is 3.51. The molecule has 4 aromatic rings. The SMILES string of the molecule is Cc1ncc(-c2cccc(NC(=O)CCc3cccc4ccccc34)c2)n1C. The van der Waals surface area contributed by atoms with Crippen LogP contribution in [0.25, 0.3) is 22.0 Å². The van der Waals surface area contributed by atoms with E-state index in [-0.39, 0.29) is 5.91 Å². The molecule has 28 heavy (non-hydrogen) atoms. The maximum absolute atomic E-state index is 12.5. The molecule has 1 N–H and O–H groups in total. The van der Waals surface area contributed by atoms with E-state index in [1.54, 1.807) is 0 Å². The minimum atomic E-state index is 0.0197. The van der Waals surface area contributed by atoms with Gasteiger partial charge >= 0.3 is 0 Å². The van der Waals surface area contributed by atoms with E-state index in [2.05, 4.69) is 40.6 Å². The summed E-state index contributed by atoms with van der Waals surface area (Å²) >= 11 is 0. The smallest absolute Gasteiger partial charge is 0.224 e. The highest BCUT2D eigenvalue weighted by Crippen LogP contribution is 2.24. The highest BCUT2D eigenvalue weighted by atomic mass is 16.1. The third kappa shape index (κ3) is 3.67. The molecule has 0 bridgehead atoms. The van der Waals surface area contributed by atoms with Gasteiger partial charge in [-0.3, -0.25) is 4.79 Å². The van der Waals surface area contributed by atoms with E-state index in [0.29, 0.717) is 12.8 Å². The van der Waals surface area contributed by atoms with Crippen molar-refractivity contribution in [3.8, 4) is 11.3 Å². The number of imidazole rings is 1. The van der Waals surface area contributed by atoms with Crippen molar-refractivity contribution in [3.63, 3.8) is 0 Å². The number of hydrogen-bond donors (Lipinski definition) is 1. The summed E-state index contributed by atoms with van der Waals surface area (Å²) < 4.78 is 2.04. The highest BCUT2D eigenvalue weighted by Gasteiger charge is 2.09. The van der Waals surface area contributed by atoms with Gasteiger partial charge in [0.25, 0.3) is 0 Å². The van der Waals surface area contributed by atoms with Crippen LogP contribution in [0, 0.1) is 6.92 Å². The van der Waals surface area contributed by atoms with Gasteiger partial charge in [-0.05, 0) is 41.8 Å². The second-order valence-corrected chi connectivity index (χ2v) is 7.02. The van der Waals surface area contributed by atoms with E-state index in [1.807, 2.05) is 61.1 Å². The van der Waals surface area contributed by atoms with Crippen LogP contribution in [0.1, 0.15) is 17.8 Å². The molecule has 0 aliphatic heterocycles. The van der Waals surface area contributed by atoms with Crippen LogP contribution in [0.4, 0.5) is 5.69 Å². The molecule has 1 aromatic heterocycles.